The van der Waals surface area contributed by atoms with Gasteiger partial charge in [-0.1, -0.05) is 151 Å². The van der Waals surface area contributed by atoms with Crippen molar-refractivity contribution in [1.29, 1.82) is 0 Å². The summed E-state index contributed by atoms with van der Waals surface area (Å²) in [4.78, 5) is 14.6. The molecular weight excluding hydrogens is 908 g/mol. The maximum atomic E-state index is 14.1. The van der Waals surface area contributed by atoms with E-state index in [1.165, 1.54) is 22.9 Å². The fourth-order valence-electron chi connectivity index (χ4n) is 7.40. The number of fused-ring (bicyclic) bond motifs is 4. The molecule has 0 aliphatic rings. The zero-order valence-electron chi connectivity index (χ0n) is 37.2. The maximum Gasteiger partial charge on any atom is 0.168 e. The van der Waals surface area contributed by atoms with E-state index in [0.29, 0.717) is 23.2 Å². The number of pyridine rings is 2. The minimum absolute atomic E-state index is 0. The number of aromatic nitrogens is 4. The Morgan fingerprint density at radius 3 is 2.12 bits per heavy atom. The van der Waals surface area contributed by atoms with Crippen LogP contribution in [0.2, 0.25) is 0 Å². The average Bonchev–Trinajstić information content (AvgIpc) is 3.81. The Kier molecular flexibility index (Phi) is 10.7. The second-order valence-corrected chi connectivity index (χ2v) is 16.3. The van der Waals surface area contributed by atoms with E-state index < -0.39 is 12.7 Å². The fourth-order valence-corrected chi connectivity index (χ4v) is 7.40. The number of benzene rings is 5. The molecule has 0 saturated heterocycles. The number of furan rings is 1. The number of para-hydroxylation sites is 2. The Morgan fingerprint density at radius 1 is 0.746 bits per heavy atom. The van der Waals surface area contributed by atoms with Gasteiger partial charge in [-0.15, -0.1) is 42.0 Å². The number of hydrogen-bond donors (Lipinski definition) is 0. The van der Waals surface area contributed by atoms with Gasteiger partial charge in [0.2, 0.25) is 0 Å². The van der Waals surface area contributed by atoms with Crippen LogP contribution < -0.4 is 0 Å². The second-order valence-electron chi connectivity index (χ2n) is 16.3. The van der Waals surface area contributed by atoms with E-state index in [0.717, 1.165) is 61.7 Å². The van der Waals surface area contributed by atoms with Gasteiger partial charge >= 0.3 is 0 Å². The topological polar surface area (TPSA) is 56.7 Å². The molecule has 9 rings (SSSR count). The molecule has 59 heavy (non-hydrogen) atoms. The Morgan fingerprint density at radius 2 is 1.46 bits per heavy atom. The van der Waals surface area contributed by atoms with E-state index in [9.17, 15) is 4.39 Å². The predicted octanol–water partition coefficient (Wildman–Crippen LogP) is 14.0. The van der Waals surface area contributed by atoms with Crippen molar-refractivity contribution in [2.45, 2.75) is 72.6 Å². The molecule has 0 unspecified atom stereocenters. The van der Waals surface area contributed by atoms with Crippen molar-refractivity contribution >= 4 is 33.1 Å². The van der Waals surface area contributed by atoms with Crippen LogP contribution in [0.4, 0.5) is 4.39 Å². The van der Waals surface area contributed by atoms with Gasteiger partial charge in [-0.05, 0) is 57.8 Å². The van der Waals surface area contributed by atoms with Crippen LogP contribution >= 0.6 is 0 Å². The van der Waals surface area contributed by atoms with Crippen LogP contribution in [-0.4, -0.2) is 19.5 Å². The number of nitrogens with zero attached hydrogens (tertiary/aromatic N) is 4. The first-order valence-corrected chi connectivity index (χ1v) is 19.7. The van der Waals surface area contributed by atoms with Crippen LogP contribution in [0.5, 0.6) is 0 Å². The van der Waals surface area contributed by atoms with Gasteiger partial charge in [-0.2, -0.15) is 0 Å². The molecule has 0 aliphatic heterocycles. The van der Waals surface area contributed by atoms with Crippen LogP contribution in [0.1, 0.15) is 86.7 Å². The van der Waals surface area contributed by atoms with E-state index >= 15 is 0 Å². The smallest absolute Gasteiger partial charge is 0.168 e. The molecule has 0 spiro atoms. The number of rotatable bonds is 6. The van der Waals surface area contributed by atoms with E-state index in [1.807, 2.05) is 48.5 Å². The molecule has 1 radical (unpaired) electrons. The third-order valence-corrected chi connectivity index (χ3v) is 10.5. The Balaban J connectivity index is 0.000000223. The zero-order chi connectivity index (χ0) is 43.2. The normalized spacial score (nSPS) is 12.6. The van der Waals surface area contributed by atoms with Gasteiger partial charge in [-0.25, -0.2) is 4.98 Å². The van der Waals surface area contributed by atoms with Gasteiger partial charge in [0, 0.05) is 52.9 Å². The van der Waals surface area contributed by atoms with Crippen molar-refractivity contribution in [3.05, 3.63) is 168 Å². The molecule has 4 heterocycles. The fraction of sp³-hybridized carbons (Fsp3) is 0.212. The zero-order valence-corrected chi connectivity index (χ0v) is 36.6. The van der Waals surface area contributed by atoms with Gasteiger partial charge < -0.3 is 14.0 Å². The average molecular weight is 958 g/mol. The molecule has 0 bridgehead atoms. The van der Waals surface area contributed by atoms with Gasteiger partial charge in [0.15, 0.2) is 5.65 Å². The molecule has 5 aromatic carbocycles. The minimum atomic E-state index is -2.33. The number of halogens is 1. The van der Waals surface area contributed by atoms with Crippen LogP contribution in [0.15, 0.2) is 132 Å². The molecule has 5 nitrogen and oxygen atoms in total. The molecule has 0 saturated carbocycles. The molecule has 4 aromatic heterocycles. The summed E-state index contributed by atoms with van der Waals surface area (Å²) in [5.41, 5.74) is 11.4. The van der Waals surface area contributed by atoms with Gasteiger partial charge in [0.1, 0.15) is 5.58 Å². The van der Waals surface area contributed by atoms with Gasteiger partial charge in [0.25, 0.3) is 0 Å². The van der Waals surface area contributed by atoms with Crippen LogP contribution in [-0.2, 0) is 25.5 Å². The summed E-state index contributed by atoms with van der Waals surface area (Å²) >= 11 is 0. The van der Waals surface area contributed by atoms with Crippen molar-refractivity contribution < 1.29 is 33.0 Å². The Hall–Kier alpha value is -5.75. The Bertz CT molecular complexity index is 2990. The summed E-state index contributed by atoms with van der Waals surface area (Å²) in [5.74, 6) is 0.801. The molecule has 9 aromatic rings. The first-order valence-electron chi connectivity index (χ1n) is 21.2. The van der Waals surface area contributed by atoms with Crippen molar-refractivity contribution in [3.8, 4) is 39.6 Å². The SMILES string of the molecule is CC(C)c1cccc(C(C)C)c1-n1c(-c2[c-]ccc3c2oc2ccccc23)nc2nc(-c3ccccc3)ccc21.[2H]C([2H])([2H])c1c[c-]c(-c2ccc(C(C)(C)C)cn2)c(F)c1.[Ir]. The van der Waals surface area contributed by atoms with Crippen molar-refractivity contribution in [2.24, 2.45) is 0 Å². The van der Waals surface area contributed by atoms with E-state index in [2.05, 4.69) is 125 Å². The summed E-state index contributed by atoms with van der Waals surface area (Å²) in [6, 6.07) is 45.5. The van der Waals surface area contributed by atoms with Crippen LogP contribution in [0.25, 0.3) is 72.7 Å². The quantitative estimate of drug-likeness (QED) is 0.156. The second kappa shape index (κ2) is 16.8. The summed E-state index contributed by atoms with van der Waals surface area (Å²) in [7, 11) is 0. The minimum Gasteiger partial charge on any atom is -0.501 e. The monoisotopic (exact) mass is 958 g/mol. The first kappa shape index (κ1) is 37.5. The van der Waals surface area contributed by atoms with Crippen LogP contribution in [0, 0.1) is 24.8 Å². The third-order valence-electron chi connectivity index (χ3n) is 10.5. The van der Waals surface area contributed by atoms with Gasteiger partial charge in [0.05, 0.1) is 22.6 Å². The molecule has 0 fully saturated rings. The molecule has 299 valence electrons. The summed E-state index contributed by atoms with van der Waals surface area (Å²) in [5, 5.41) is 2.15. The van der Waals surface area contributed by atoms with Crippen molar-refractivity contribution in [1.82, 2.24) is 19.5 Å². The predicted molar refractivity (Wildman–Crippen MR) is 236 cm³/mol. The molecule has 7 heteroatoms. The summed E-state index contributed by atoms with van der Waals surface area (Å²) in [6.07, 6.45) is 1.71. The molecule has 0 amide bonds. The van der Waals surface area contributed by atoms with E-state index in [1.54, 1.807) is 12.3 Å². The third kappa shape index (κ3) is 8.15. The standard InChI is InChI=1S/C36H30N3O.C16H17FN.Ir/c1-22(2)25-15-10-16-26(23(3)4)33(25)39-31-21-20-30(24-12-6-5-7-13-24)37-35(31)38-36(39)29-18-11-17-28-27-14-8-9-19-32(27)40-34(28)29;1-11-5-7-13(14(17)9-11)15-8-6-12(10-18-15)16(2,3)4;/h5-17,19-23H,1-4H3;5-6,8-10H,1-4H3;/q2*-1;/i;1D3;. The first-order chi connectivity index (χ1) is 29.1. The number of hydrogen-bond acceptors (Lipinski definition) is 4. The maximum absolute atomic E-state index is 14.1. The van der Waals surface area contributed by atoms with E-state index in [4.69, 9.17) is 18.5 Å². The number of aryl methyl sites for hydroxylation is 1. The largest absolute Gasteiger partial charge is 0.501 e. The molecule has 0 atom stereocenters. The molecule has 0 N–H and O–H groups in total. The van der Waals surface area contributed by atoms with Crippen molar-refractivity contribution in [2.75, 3.05) is 0 Å². The summed E-state index contributed by atoms with van der Waals surface area (Å²) < 4.78 is 44.7. The Labute approximate surface area is 364 Å². The molecule has 0 aliphatic carbocycles. The number of imidazole rings is 1. The summed E-state index contributed by atoms with van der Waals surface area (Å²) in [6.45, 7) is 12.9. The van der Waals surface area contributed by atoms with E-state index in [-0.39, 0.29) is 36.6 Å². The van der Waals surface area contributed by atoms with Gasteiger partial charge in [-0.3, -0.25) is 9.37 Å². The van der Waals surface area contributed by atoms with Crippen LogP contribution in [0.3, 0.4) is 0 Å². The molecular formula is C52H47FIrN4O-2. The van der Waals surface area contributed by atoms with Crippen molar-refractivity contribution in [3.63, 3.8) is 0 Å².